The summed E-state index contributed by atoms with van der Waals surface area (Å²) >= 11 is 0. The van der Waals surface area contributed by atoms with Crippen LogP contribution in [0.3, 0.4) is 0 Å². The Hall–Kier alpha value is -0.300. The van der Waals surface area contributed by atoms with Crippen LogP contribution < -0.4 is 0 Å². The molecule has 13 heavy (non-hydrogen) atoms. The largest absolute Gasteiger partial charge is 0.393 e. The van der Waals surface area contributed by atoms with Gasteiger partial charge in [0, 0.05) is 0 Å². The Bertz CT molecular complexity index is 118. The zero-order valence-electron chi connectivity index (χ0n) is 9.13. The van der Waals surface area contributed by atoms with Gasteiger partial charge in [0.2, 0.25) is 0 Å². The zero-order valence-corrected chi connectivity index (χ0v) is 9.13. The quantitative estimate of drug-likeness (QED) is 0.451. The minimum absolute atomic E-state index is 0.0554. The van der Waals surface area contributed by atoms with Crippen LogP contribution >= 0.6 is 0 Å². The molecule has 1 unspecified atom stereocenters. The lowest BCUT2D eigenvalue weighted by molar-refractivity contribution is 0.150. The smallest absolute Gasteiger partial charge is 0.0540 e. The van der Waals surface area contributed by atoms with Crippen LogP contribution in [0.5, 0.6) is 0 Å². The van der Waals surface area contributed by atoms with Gasteiger partial charge < -0.3 is 5.11 Å². The Labute approximate surface area is 82.9 Å². The van der Waals surface area contributed by atoms with E-state index in [-0.39, 0.29) is 6.10 Å². The van der Waals surface area contributed by atoms with Crippen molar-refractivity contribution in [1.29, 1.82) is 0 Å². The third-order valence-electron chi connectivity index (χ3n) is 2.18. The van der Waals surface area contributed by atoms with E-state index in [0.717, 1.165) is 32.1 Å². The van der Waals surface area contributed by atoms with E-state index in [2.05, 4.69) is 26.0 Å². The van der Waals surface area contributed by atoms with E-state index < -0.39 is 0 Å². The molecular weight excluding hydrogens is 160 g/mol. The van der Waals surface area contributed by atoms with Crippen molar-refractivity contribution in [3.8, 4) is 0 Å². The third-order valence-corrected chi connectivity index (χ3v) is 2.18. The normalized spacial score (nSPS) is 13.8. The lowest BCUT2D eigenvalue weighted by atomic mass is 10.1. The highest BCUT2D eigenvalue weighted by atomic mass is 16.3. The Kier molecular flexibility index (Phi) is 9.56. The van der Waals surface area contributed by atoms with Gasteiger partial charge in [0.15, 0.2) is 0 Å². The Morgan fingerprint density at radius 1 is 1.08 bits per heavy atom. The molecule has 0 heterocycles. The summed E-state index contributed by atoms with van der Waals surface area (Å²) in [6.07, 6.45) is 12.1. The van der Waals surface area contributed by atoms with Crippen LogP contribution in [0.15, 0.2) is 12.2 Å². The lowest BCUT2D eigenvalue weighted by Crippen LogP contribution is -2.04. The molecule has 1 atom stereocenters. The van der Waals surface area contributed by atoms with Gasteiger partial charge in [-0.05, 0) is 32.1 Å². The fraction of sp³-hybridized carbons (Fsp3) is 0.833. The minimum atomic E-state index is -0.0554. The van der Waals surface area contributed by atoms with Crippen molar-refractivity contribution in [1.82, 2.24) is 0 Å². The van der Waals surface area contributed by atoms with Crippen LogP contribution in [-0.2, 0) is 0 Å². The van der Waals surface area contributed by atoms with E-state index in [1.165, 1.54) is 12.8 Å². The SMILES string of the molecule is CCC=CCCCCC(O)CCC. The van der Waals surface area contributed by atoms with Gasteiger partial charge in [0.1, 0.15) is 0 Å². The Morgan fingerprint density at radius 3 is 2.46 bits per heavy atom. The number of rotatable bonds is 8. The van der Waals surface area contributed by atoms with Crippen LogP contribution in [0.25, 0.3) is 0 Å². The standard InChI is InChI=1S/C12H24O/c1-3-5-6-7-8-9-11-12(13)10-4-2/h5-6,12-13H,3-4,7-11H2,1-2H3. The van der Waals surface area contributed by atoms with Gasteiger partial charge in [-0.3, -0.25) is 0 Å². The van der Waals surface area contributed by atoms with E-state index in [0.29, 0.717) is 0 Å². The van der Waals surface area contributed by atoms with Crippen LogP contribution in [0, 0.1) is 0 Å². The van der Waals surface area contributed by atoms with Crippen LogP contribution in [0.4, 0.5) is 0 Å². The Balaban J connectivity index is 3.10. The number of hydrogen-bond acceptors (Lipinski definition) is 1. The van der Waals surface area contributed by atoms with Crippen LogP contribution in [0.1, 0.15) is 58.8 Å². The first kappa shape index (κ1) is 12.7. The molecule has 78 valence electrons. The average Bonchev–Trinajstić information content (AvgIpc) is 2.11. The zero-order chi connectivity index (χ0) is 9.94. The molecule has 1 nitrogen and oxygen atoms in total. The van der Waals surface area contributed by atoms with Gasteiger partial charge in [0.25, 0.3) is 0 Å². The van der Waals surface area contributed by atoms with E-state index in [4.69, 9.17) is 0 Å². The summed E-state index contributed by atoms with van der Waals surface area (Å²) < 4.78 is 0. The van der Waals surface area contributed by atoms with E-state index in [1.807, 2.05) is 0 Å². The molecule has 0 saturated heterocycles. The van der Waals surface area contributed by atoms with Crippen LogP contribution in [0.2, 0.25) is 0 Å². The molecule has 0 amide bonds. The summed E-state index contributed by atoms with van der Waals surface area (Å²) in [7, 11) is 0. The monoisotopic (exact) mass is 184 g/mol. The highest BCUT2D eigenvalue weighted by Crippen LogP contribution is 2.08. The Morgan fingerprint density at radius 2 is 1.85 bits per heavy atom. The van der Waals surface area contributed by atoms with Gasteiger partial charge in [-0.1, -0.05) is 38.8 Å². The summed E-state index contributed by atoms with van der Waals surface area (Å²) in [5.41, 5.74) is 0. The maximum absolute atomic E-state index is 9.43. The predicted octanol–water partition coefficient (Wildman–Crippen LogP) is 3.67. The van der Waals surface area contributed by atoms with Crippen molar-refractivity contribution in [2.45, 2.75) is 64.9 Å². The molecule has 0 spiro atoms. The number of hydrogen-bond donors (Lipinski definition) is 1. The van der Waals surface area contributed by atoms with Crippen molar-refractivity contribution in [2.75, 3.05) is 0 Å². The summed E-state index contributed by atoms with van der Waals surface area (Å²) in [6, 6.07) is 0. The first-order chi connectivity index (χ1) is 6.31. The molecule has 0 aromatic heterocycles. The second-order valence-electron chi connectivity index (χ2n) is 3.61. The topological polar surface area (TPSA) is 20.2 Å². The first-order valence-corrected chi connectivity index (χ1v) is 5.64. The van der Waals surface area contributed by atoms with Crippen molar-refractivity contribution in [3.63, 3.8) is 0 Å². The number of aliphatic hydroxyl groups excluding tert-OH is 1. The van der Waals surface area contributed by atoms with Gasteiger partial charge >= 0.3 is 0 Å². The van der Waals surface area contributed by atoms with Gasteiger partial charge in [-0.25, -0.2) is 0 Å². The molecule has 1 heteroatoms. The van der Waals surface area contributed by atoms with Crippen molar-refractivity contribution < 1.29 is 5.11 Å². The van der Waals surface area contributed by atoms with Gasteiger partial charge in [0.05, 0.1) is 6.10 Å². The van der Waals surface area contributed by atoms with Crippen molar-refractivity contribution in [3.05, 3.63) is 12.2 Å². The molecule has 0 saturated carbocycles. The van der Waals surface area contributed by atoms with Crippen molar-refractivity contribution in [2.24, 2.45) is 0 Å². The molecular formula is C12H24O. The second kappa shape index (κ2) is 9.79. The molecule has 0 aromatic carbocycles. The summed E-state index contributed by atoms with van der Waals surface area (Å²) in [4.78, 5) is 0. The molecule has 0 rings (SSSR count). The fourth-order valence-electron chi connectivity index (χ4n) is 1.40. The fourth-order valence-corrected chi connectivity index (χ4v) is 1.40. The second-order valence-corrected chi connectivity index (χ2v) is 3.61. The number of aliphatic hydroxyl groups is 1. The maximum atomic E-state index is 9.43. The molecule has 0 aliphatic rings. The summed E-state index contributed by atoms with van der Waals surface area (Å²) in [5, 5.41) is 9.43. The number of allylic oxidation sites excluding steroid dienone is 2. The minimum Gasteiger partial charge on any atom is -0.393 e. The molecule has 0 aliphatic carbocycles. The summed E-state index contributed by atoms with van der Waals surface area (Å²) in [6.45, 7) is 4.27. The molecule has 0 aliphatic heterocycles. The van der Waals surface area contributed by atoms with Gasteiger partial charge in [-0.15, -0.1) is 0 Å². The van der Waals surface area contributed by atoms with E-state index in [9.17, 15) is 5.11 Å². The molecule has 0 fully saturated rings. The lowest BCUT2D eigenvalue weighted by Gasteiger charge is -2.07. The molecule has 0 bridgehead atoms. The third kappa shape index (κ3) is 9.62. The highest BCUT2D eigenvalue weighted by Gasteiger charge is 2.00. The maximum Gasteiger partial charge on any atom is 0.0540 e. The van der Waals surface area contributed by atoms with E-state index in [1.54, 1.807) is 0 Å². The molecule has 0 radical (unpaired) electrons. The van der Waals surface area contributed by atoms with E-state index >= 15 is 0 Å². The average molecular weight is 184 g/mol. The van der Waals surface area contributed by atoms with Crippen LogP contribution in [-0.4, -0.2) is 11.2 Å². The number of unbranched alkanes of at least 4 members (excludes halogenated alkanes) is 2. The first-order valence-electron chi connectivity index (χ1n) is 5.64. The predicted molar refractivity (Wildman–Crippen MR) is 58.8 cm³/mol. The molecule has 0 aromatic rings. The van der Waals surface area contributed by atoms with Crippen molar-refractivity contribution >= 4 is 0 Å². The highest BCUT2D eigenvalue weighted by molar-refractivity contribution is 4.79. The van der Waals surface area contributed by atoms with Gasteiger partial charge in [-0.2, -0.15) is 0 Å². The molecule has 1 N–H and O–H groups in total. The summed E-state index contributed by atoms with van der Waals surface area (Å²) in [5.74, 6) is 0.